The van der Waals surface area contributed by atoms with Crippen LogP contribution in [0.5, 0.6) is 0 Å². The Bertz CT molecular complexity index is 341. The van der Waals surface area contributed by atoms with Crippen LogP contribution in [-0.4, -0.2) is 41.8 Å². The Morgan fingerprint density at radius 3 is 2.56 bits per heavy atom. The first-order chi connectivity index (χ1) is 8.63. The van der Waals surface area contributed by atoms with E-state index in [1.807, 2.05) is 12.2 Å². The van der Waals surface area contributed by atoms with Crippen molar-refractivity contribution in [2.45, 2.75) is 19.8 Å². The van der Waals surface area contributed by atoms with Crippen molar-refractivity contribution in [1.82, 2.24) is 4.90 Å². The number of ether oxygens (including phenoxy) is 1. The van der Waals surface area contributed by atoms with Gasteiger partial charge in [-0.05, 0) is 25.7 Å². The number of carbonyl (C=O) groups excluding carboxylic acids is 1. The Morgan fingerprint density at radius 2 is 2.00 bits per heavy atom. The summed E-state index contributed by atoms with van der Waals surface area (Å²) in [6.45, 7) is 3.29. The monoisotopic (exact) mass is 253 g/mol. The van der Waals surface area contributed by atoms with Gasteiger partial charge in [0.15, 0.2) is 0 Å². The summed E-state index contributed by atoms with van der Waals surface area (Å²) in [7, 11) is 0. The fraction of sp³-hybridized carbons (Fsp3) is 0.538. The number of carbonyl (C=O) groups is 2. The zero-order valence-electron chi connectivity index (χ0n) is 10.5. The highest BCUT2D eigenvalue weighted by Crippen LogP contribution is 2.18. The number of amides is 1. The Hall–Kier alpha value is -1.78. The van der Waals surface area contributed by atoms with Gasteiger partial charge in [0.05, 0.1) is 6.61 Å². The Kier molecular flexibility index (Phi) is 5.97. The molecular formula is C13H19NO4. The van der Waals surface area contributed by atoms with Crippen LogP contribution >= 0.6 is 0 Å². The normalized spacial score (nSPS) is 17.5. The number of hydrogen-bond donors (Lipinski definition) is 1. The largest absolute Gasteiger partial charge is 0.465 e. The molecule has 0 aromatic rings. The molecule has 0 spiro atoms. The molecular weight excluding hydrogens is 234 g/mol. The maximum absolute atomic E-state index is 11.0. The summed E-state index contributed by atoms with van der Waals surface area (Å²) in [5.41, 5.74) is 0. The van der Waals surface area contributed by atoms with Crippen LogP contribution in [0, 0.1) is 5.92 Å². The molecule has 0 aromatic heterocycles. The molecule has 1 N–H and O–H groups in total. The molecule has 0 atom stereocenters. The average Bonchev–Trinajstić information content (AvgIpc) is 2.35. The van der Waals surface area contributed by atoms with Gasteiger partial charge in [0.1, 0.15) is 0 Å². The fourth-order valence-corrected chi connectivity index (χ4v) is 1.83. The van der Waals surface area contributed by atoms with Gasteiger partial charge in [-0.15, -0.1) is 0 Å². The number of hydrogen-bond acceptors (Lipinski definition) is 3. The second-order valence-electron chi connectivity index (χ2n) is 4.10. The first kappa shape index (κ1) is 14.3. The van der Waals surface area contributed by atoms with Crippen LogP contribution in [0.15, 0.2) is 24.3 Å². The van der Waals surface area contributed by atoms with Crippen molar-refractivity contribution in [1.29, 1.82) is 0 Å². The number of allylic oxidation sites excluding steroid dienone is 3. The lowest BCUT2D eigenvalue weighted by molar-refractivity contribution is -0.137. The molecule has 1 amide bonds. The maximum atomic E-state index is 11.0. The van der Waals surface area contributed by atoms with Gasteiger partial charge < -0.3 is 14.7 Å². The predicted molar refractivity (Wildman–Crippen MR) is 67.2 cm³/mol. The number of rotatable bonds is 4. The predicted octanol–water partition coefficient (Wildman–Crippen LogP) is 2.05. The third-order valence-electron chi connectivity index (χ3n) is 2.82. The van der Waals surface area contributed by atoms with Crippen LogP contribution in [-0.2, 0) is 9.53 Å². The second-order valence-corrected chi connectivity index (χ2v) is 4.10. The van der Waals surface area contributed by atoms with E-state index in [1.54, 1.807) is 13.0 Å². The van der Waals surface area contributed by atoms with E-state index in [-0.39, 0.29) is 5.97 Å². The van der Waals surface area contributed by atoms with Gasteiger partial charge in [0.2, 0.25) is 0 Å². The maximum Gasteiger partial charge on any atom is 0.407 e. The molecule has 0 saturated carbocycles. The Balaban J connectivity index is 2.28. The number of esters is 1. The first-order valence-electron chi connectivity index (χ1n) is 6.13. The van der Waals surface area contributed by atoms with Crippen molar-refractivity contribution in [2.24, 2.45) is 5.92 Å². The average molecular weight is 253 g/mol. The molecule has 0 aromatic carbocycles. The van der Waals surface area contributed by atoms with Gasteiger partial charge in [-0.3, -0.25) is 0 Å². The Morgan fingerprint density at radius 1 is 1.33 bits per heavy atom. The van der Waals surface area contributed by atoms with Crippen LogP contribution in [0.3, 0.4) is 0 Å². The third kappa shape index (κ3) is 5.03. The van der Waals surface area contributed by atoms with E-state index in [9.17, 15) is 9.59 Å². The lowest BCUT2D eigenvalue weighted by atomic mass is 9.96. The molecule has 1 heterocycles. The summed E-state index contributed by atoms with van der Waals surface area (Å²) in [5.74, 6) is 0.0373. The van der Waals surface area contributed by atoms with Crippen LogP contribution in [0.25, 0.3) is 0 Å². The van der Waals surface area contributed by atoms with Gasteiger partial charge >= 0.3 is 12.1 Å². The van der Waals surface area contributed by atoms with E-state index in [4.69, 9.17) is 9.84 Å². The van der Waals surface area contributed by atoms with Crippen molar-refractivity contribution in [2.75, 3.05) is 19.7 Å². The summed E-state index contributed by atoms with van der Waals surface area (Å²) >= 11 is 0. The molecule has 1 aliphatic rings. The summed E-state index contributed by atoms with van der Waals surface area (Å²) in [4.78, 5) is 23.1. The molecule has 1 aliphatic heterocycles. The topological polar surface area (TPSA) is 66.8 Å². The van der Waals surface area contributed by atoms with E-state index in [1.165, 1.54) is 11.0 Å². The minimum Gasteiger partial charge on any atom is -0.465 e. The number of piperidine rings is 1. The van der Waals surface area contributed by atoms with E-state index >= 15 is 0 Å². The smallest absolute Gasteiger partial charge is 0.407 e. The molecule has 0 bridgehead atoms. The van der Waals surface area contributed by atoms with Crippen molar-refractivity contribution >= 4 is 12.1 Å². The summed E-state index contributed by atoms with van der Waals surface area (Å²) < 4.78 is 4.74. The van der Waals surface area contributed by atoms with E-state index in [0.29, 0.717) is 25.6 Å². The zero-order valence-corrected chi connectivity index (χ0v) is 10.5. The molecule has 0 unspecified atom stereocenters. The van der Waals surface area contributed by atoms with Gasteiger partial charge in [-0.1, -0.05) is 18.2 Å². The van der Waals surface area contributed by atoms with Crippen molar-refractivity contribution in [3.8, 4) is 0 Å². The summed E-state index contributed by atoms with van der Waals surface area (Å²) in [6.07, 6.45) is 7.67. The number of likely N-dealkylation sites (tertiary alicyclic amines) is 1. The standard InChI is InChI=1S/C13H19NO4/c1-2-18-12(15)6-4-3-5-11-7-9-14(10-8-11)13(16)17/h3-6,11H,2,7-10H2,1H3,(H,16,17). The molecule has 18 heavy (non-hydrogen) atoms. The van der Waals surface area contributed by atoms with Gasteiger partial charge in [0.25, 0.3) is 0 Å². The van der Waals surface area contributed by atoms with E-state index < -0.39 is 6.09 Å². The number of nitrogens with zero attached hydrogens (tertiary/aromatic N) is 1. The molecule has 5 heteroatoms. The summed E-state index contributed by atoms with van der Waals surface area (Å²) in [5, 5.41) is 8.80. The van der Waals surface area contributed by atoms with Gasteiger partial charge in [-0.2, -0.15) is 0 Å². The molecule has 5 nitrogen and oxygen atoms in total. The van der Waals surface area contributed by atoms with Crippen LogP contribution < -0.4 is 0 Å². The van der Waals surface area contributed by atoms with E-state index in [0.717, 1.165) is 12.8 Å². The second kappa shape index (κ2) is 7.53. The SMILES string of the molecule is CCOC(=O)C=CC=CC1CCN(C(=O)O)CC1. The van der Waals surface area contributed by atoms with Gasteiger partial charge in [-0.25, -0.2) is 9.59 Å². The fourth-order valence-electron chi connectivity index (χ4n) is 1.83. The molecule has 1 saturated heterocycles. The molecule has 1 fully saturated rings. The van der Waals surface area contributed by atoms with Gasteiger partial charge in [0, 0.05) is 19.2 Å². The van der Waals surface area contributed by atoms with Crippen LogP contribution in [0.1, 0.15) is 19.8 Å². The molecule has 0 radical (unpaired) electrons. The Labute approximate surface area is 107 Å². The van der Waals surface area contributed by atoms with Crippen molar-refractivity contribution in [3.05, 3.63) is 24.3 Å². The zero-order chi connectivity index (χ0) is 13.4. The molecule has 0 aliphatic carbocycles. The van der Waals surface area contributed by atoms with E-state index in [2.05, 4.69) is 0 Å². The van der Waals surface area contributed by atoms with Crippen molar-refractivity contribution < 1.29 is 19.4 Å². The molecule has 1 rings (SSSR count). The van der Waals surface area contributed by atoms with Crippen LogP contribution in [0.4, 0.5) is 4.79 Å². The highest BCUT2D eigenvalue weighted by Gasteiger charge is 2.20. The van der Waals surface area contributed by atoms with Crippen molar-refractivity contribution in [3.63, 3.8) is 0 Å². The highest BCUT2D eigenvalue weighted by atomic mass is 16.5. The highest BCUT2D eigenvalue weighted by molar-refractivity contribution is 5.82. The molecule has 100 valence electrons. The third-order valence-corrected chi connectivity index (χ3v) is 2.82. The number of carboxylic acid groups (broad SMARTS) is 1. The quantitative estimate of drug-likeness (QED) is 0.473. The van der Waals surface area contributed by atoms with Crippen LogP contribution in [0.2, 0.25) is 0 Å². The minimum absolute atomic E-state index is 0.345. The lowest BCUT2D eigenvalue weighted by Gasteiger charge is -2.28. The lowest BCUT2D eigenvalue weighted by Crippen LogP contribution is -2.36. The first-order valence-corrected chi connectivity index (χ1v) is 6.13. The summed E-state index contributed by atoms with van der Waals surface area (Å²) in [6, 6.07) is 0. The minimum atomic E-state index is -0.848.